The number of nitrogens with one attached hydrogen (secondary N) is 1. The SMILES string of the molecule is CCc1ccc(CN(C)C(=NC)NCc2noc(C(C)(C)C)n2)cc1.I. The molecule has 0 aliphatic rings. The third-order valence-corrected chi connectivity index (χ3v) is 3.94. The molecular weight excluding hydrogens is 441 g/mol. The van der Waals surface area contributed by atoms with Crippen LogP contribution in [-0.4, -0.2) is 35.1 Å². The number of aryl methyl sites for hydroxylation is 1. The zero-order valence-electron chi connectivity index (χ0n) is 16.5. The van der Waals surface area contributed by atoms with Gasteiger partial charge < -0.3 is 14.7 Å². The lowest BCUT2D eigenvalue weighted by molar-refractivity contribution is 0.318. The second-order valence-corrected chi connectivity index (χ2v) is 7.19. The fourth-order valence-corrected chi connectivity index (χ4v) is 2.40. The van der Waals surface area contributed by atoms with E-state index in [0.717, 1.165) is 18.9 Å². The van der Waals surface area contributed by atoms with Crippen LogP contribution in [0.2, 0.25) is 0 Å². The molecule has 2 rings (SSSR count). The van der Waals surface area contributed by atoms with Gasteiger partial charge in [-0.3, -0.25) is 4.99 Å². The minimum atomic E-state index is -0.144. The highest BCUT2D eigenvalue weighted by Crippen LogP contribution is 2.19. The van der Waals surface area contributed by atoms with E-state index in [1.807, 2.05) is 27.8 Å². The summed E-state index contributed by atoms with van der Waals surface area (Å²) in [6.45, 7) is 9.57. The third kappa shape index (κ3) is 6.26. The van der Waals surface area contributed by atoms with Crippen molar-refractivity contribution in [3.05, 3.63) is 47.1 Å². The van der Waals surface area contributed by atoms with Gasteiger partial charge in [-0.1, -0.05) is 57.1 Å². The number of aliphatic imine (C=N–C) groups is 1. The van der Waals surface area contributed by atoms with Crippen molar-refractivity contribution < 1.29 is 4.52 Å². The predicted molar refractivity (Wildman–Crippen MR) is 116 cm³/mol. The molecule has 0 bridgehead atoms. The number of benzene rings is 1. The number of hydrogen-bond acceptors (Lipinski definition) is 4. The van der Waals surface area contributed by atoms with Gasteiger partial charge in [-0.25, -0.2) is 0 Å². The summed E-state index contributed by atoms with van der Waals surface area (Å²) in [7, 11) is 3.79. The van der Waals surface area contributed by atoms with Gasteiger partial charge in [0.2, 0.25) is 5.89 Å². The van der Waals surface area contributed by atoms with Gasteiger partial charge >= 0.3 is 0 Å². The number of halogens is 1. The average Bonchev–Trinajstić information content (AvgIpc) is 3.05. The molecule has 1 aromatic carbocycles. The summed E-state index contributed by atoms with van der Waals surface area (Å²) < 4.78 is 5.32. The molecule has 0 saturated heterocycles. The normalized spacial score (nSPS) is 11.8. The van der Waals surface area contributed by atoms with Crippen LogP contribution < -0.4 is 5.32 Å². The van der Waals surface area contributed by atoms with E-state index in [1.54, 1.807) is 7.05 Å². The second-order valence-electron chi connectivity index (χ2n) is 7.19. The molecule has 0 spiro atoms. The van der Waals surface area contributed by atoms with Crippen LogP contribution in [0.15, 0.2) is 33.8 Å². The Morgan fingerprint density at radius 2 is 1.81 bits per heavy atom. The number of guanidine groups is 1. The smallest absolute Gasteiger partial charge is 0.232 e. The number of nitrogens with zero attached hydrogens (tertiary/aromatic N) is 4. The van der Waals surface area contributed by atoms with Gasteiger partial charge in [0.05, 0.1) is 6.54 Å². The summed E-state index contributed by atoms with van der Waals surface area (Å²) in [5.41, 5.74) is 2.45. The highest BCUT2D eigenvalue weighted by molar-refractivity contribution is 14.0. The van der Waals surface area contributed by atoms with Crippen LogP contribution in [0.1, 0.15) is 50.5 Å². The highest BCUT2D eigenvalue weighted by atomic mass is 127. The summed E-state index contributed by atoms with van der Waals surface area (Å²) in [6, 6.07) is 8.67. The Morgan fingerprint density at radius 3 is 2.31 bits per heavy atom. The molecule has 1 heterocycles. The summed E-state index contributed by atoms with van der Waals surface area (Å²) >= 11 is 0. The van der Waals surface area contributed by atoms with Crippen LogP contribution in [0.4, 0.5) is 0 Å². The zero-order valence-corrected chi connectivity index (χ0v) is 18.9. The van der Waals surface area contributed by atoms with Crippen LogP contribution in [0.3, 0.4) is 0 Å². The van der Waals surface area contributed by atoms with Crippen molar-refractivity contribution >= 4 is 29.9 Å². The Labute approximate surface area is 173 Å². The van der Waals surface area contributed by atoms with Crippen LogP contribution in [0, 0.1) is 0 Å². The first-order chi connectivity index (χ1) is 11.8. The zero-order chi connectivity index (χ0) is 18.4. The quantitative estimate of drug-likeness (QED) is 0.409. The summed E-state index contributed by atoms with van der Waals surface area (Å²) in [5.74, 6) is 2.07. The summed E-state index contributed by atoms with van der Waals surface area (Å²) in [4.78, 5) is 10.8. The minimum absolute atomic E-state index is 0. The third-order valence-electron chi connectivity index (χ3n) is 3.94. The first-order valence-electron chi connectivity index (χ1n) is 8.66. The van der Waals surface area contributed by atoms with Gasteiger partial charge in [-0.2, -0.15) is 4.98 Å². The Balaban J connectivity index is 0.00000338. The minimum Gasteiger partial charge on any atom is -0.349 e. The van der Waals surface area contributed by atoms with Crippen molar-refractivity contribution in [2.75, 3.05) is 14.1 Å². The predicted octanol–water partition coefficient (Wildman–Crippen LogP) is 3.75. The Hall–Kier alpha value is -1.64. The maximum absolute atomic E-state index is 5.32. The van der Waals surface area contributed by atoms with Gasteiger partial charge in [0, 0.05) is 26.1 Å². The first-order valence-corrected chi connectivity index (χ1v) is 8.66. The molecule has 0 aliphatic heterocycles. The lowest BCUT2D eigenvalue weighted by Gasteiger charge is -2.21. The van der Waals surface area contributed by atoms with Crippen LogP contribution in [0.25, 0.3) is 0 Å². The largest absolute Gasteiger partial charge is 0.349 e. The fourth-order valence-electron chi connectivity index (χ4n) is 2.40. The molecule has 26 heavy (non-hydrogen) atoms. The number of rotatable bonds is 5. The molecule has 0 fully saturated rings. The van der Waals surface area contributed by atoms with Gasteiger partial charge in [-0.05, 0) is 17.5 Å². The fraction of sp³-hybridized carbons (Fsp3) is 0.526. The maximum Gasteiger partial charge on any atom is 0.232 e. The van der Waals surface area contributed by atoms with Crippen molar-refractivity contribution in [2.45, 2.75) is 52.6 Å². The van der Waals surface area contributed by atoms with Crippen molar-refractivity contribution in [3.63, 3.8) is 0 Å². The number of aromatic nitrogens is 2. The molecule has 0 unspecified atom stereocenters. The van der Waals surface area contributed by atoms with Gasteiger partial charge in [-0.15, -0.1) is 24.0 Å². The second kappa shape index (κ2) is 9.89. The van der Waals surface area contributed by atoms with Crippen molar-refractivity contribution in [2.24, 2.45) is 4.99 Å². The molecule has 0 amide bonds. The van der Waals surface area contributed by atoms with E-state index < -0.39 is 0 Å². The van der Waals surface area contributed by atoms with Gasteiger partial charge in [0.15, 0.2) is 11.8 Å². The molecule has 0 radical (unpaired) electrons. The summed E-state index contributed by atoms with van der Waals surface area (Å²) in [5, 5.41) is 7.31. The molecule has 1 aromatic heterocycles. The molecule has 2 aromatic rings. The van der Waals surface area contributed by atoms with Crippen LogP contribution >= 0.6 is 24.0 Å². The van der Waals surface area contributed by atoms with E-state index in [-0.39, 0.29) is 29.4 Å². The van der Waals surface area contributed by atoms with E-state index in [1.165, 1.54) is 11.1 Å². The monoisotopic (exact) mass is 471 g/mol. The van der Waals surface area contributed by atoms with Gasteiger partial charge in [0.25, 0.3) is 0 Å². The topological polar surface area (TPSA) is 66.5 Å². The molecule has 144 valence electrons. The average molecular weight is 471 g/mol. The van der Waals surface area contributed by atoms with Crippen molar-refractivity contribution in [1.29, 1.82) is 0 Å². The van der Waals surface area contributed by atoms with E-state index in [2.05, 4.69) is 56.5 Å². The molecular formula is C19H30IN5O. The van der Waals surface area contributed by atoms with Crippen LogP contribution in [-0.2, 0) is 24.9 Å². The lowest BCUT2D eigenvalue weighted by atomic mass is 9.97. The molecule has 1 N–H and O–H groups in total. The standard InChI is InChI=1S/C19H29N5O.HI/c1-7-14-8-10-15(11-9-14)13-24(6)18(20-5)21-12-16-22-17(25-23-16)19(2,3)4;/h8-11H,7,12-13H2,1-6H3,(H,20,21);1H. The Morgan fingerprint density at radius 1 is 1.19 bits per heavy atom. The molecule has 0 atom stereocenters. The highest BCUT2D eigenvalue weighted by Gasteiger charge is 2.21. The molecule has 0 aliphatic carbocycles. The molecule has 7 heteroatoms. The van der Waals surface area contributed by atoms with Crippen molar-refractivity contribution in [1.82, 2.24) is 20.4 Å². The maximum atomic E-state index is 5.32. The van der Waals surface area contributed by atoms with E-state index >= 15 is 0 Å². The van der Waals surface area contributed by atoms with Gasteiger partial charge in [0.1, 0.15) is 0 Å². The van der Waals surface area contributed by atoms with Crippen molar-refractivity contribution in [3.8, 4) is 0 Å². The summed E-state index contributed by atoms with van der Waals surface area (Å²) in [6.07, 6.45) is 1.06. The number of hydrogen-bond donors (Lipinski definition) is 1. The first kappa shape index (κ1) is 22.4. The molecule has 6 nitrogen and oxygen atoms in total. The molecule has 0 saturated carbocycles. The Kier molecular flexibility index (Phi) is 8.52. The van der Waals surface area contributed by atoms with E-state index in [4.69, 9.17) is 4.52 Å². The van der Waals surface area contributed by atoms with E-state index in [9.17, 15) is 0 Å². The van der Waals surface area contributed by atoms with Crippen LogP contribution in [0.5, 0.6) is 0 Å². The Bertz CT molecular complexity index is 703. The lowest BCUT2D eigenvalue weighted by Crippen LogP contribution is -2.38. The van der Waals surface area contributed by atoms with E-state index in [0.29, 0.717) is 18.3 Å².